The Morgan fingerprint density at radius 2 is 2.25 bits per heavy atom. The molecule has 0 aliphatic carbocycles. The van der Waals surface area contributed by atoms with Gasteiger partial charge in [0.15, 0.2) is 0 Å². The van der Waals surface area contributed by atoms with E-state index in [0.717, 1.165) is 25.9 Å². The summed E-state index contributed by atoms with van der Waals surface area (Å²) in [4.78, 5) is 21.9. The fourth-order valence-electron chi connectivity index (χ4n) is 1.75. The molecule has 1 unspecified atom stereocenters. The SMILES string of the molecule is O=C(CCC1CCNC1)N[C@@H](CO)C(=O)O. The van der Waals surface area contributed by atoms with E-state index in [1.807, 2.05) is 0 Å². The van der Waals surface area contributed by atoms with Gasteiger partial charge in [-0.2, -0.15) is 0 Å². The number of aliphatic hydroxyl groups is 1. The number of hydrogen-bond acceptors (Lipinski definition) is 4. The molecule has 1 aliphatic rings. The summed E-state index contributed by atoms with van der Waals surface area (Å²) in [6.07, 6.45) is 2.14. The average molecular weight is 230 g/mol. The van der Waals surface area contributed by atoms with Crippen LogP contribution in [0, 0.1) is 5.92 Å². The van der Waals surface area contributed by atoms with Gasteiger partial charge in [0.05, 0.1) is 6.61 Å². The number of nitrogens with one attached hydrogen (secondary N) is 2. The van der Waals surface area contributed by atoms with Gasteiger partial charge in [0.2, 0.25) is 5.91 Å². The van der Waals surface area contributed by atoms with E-state index in [1.165, 1.54) is 0 Å². The van der Waals surface area contributed by atoms with Crippen LogP contribution in [0.5, 0.6) is 0 Å². The van der Waals surface area contributed by atoms with E-state index in [4.69, 9.17) is 10.2 Å². The summed E-state index contributed by atoms with van der Waals surface area (Å²) in [6.45, 7) is 1.34. The Bertz CT molecular complexity index is 251. The topological polar surface area (TPSA) is 98.7 Å². The molecule has 0 radical (unpaired) electrons. The van der Waals surface area contributed by atoms with Gasteiger partial charge >= 0.3 is 5.97 Å². The van der Waals surface area contributed by atoms with Crippen LogP contribution < -0.4 is 10.6 Å². The highest BCUT2D eigenvalue weighted by Gasteiger charge is 2.20. The van der Waals surface area contributed by atoms with Crippen LogP contribution in [0.15, 0.2) is 0 Å². The number of amides is 1. The number of rotatable bonds is 6. The molecule has 1 heterocycles. The second kappa shape index (κ2) is 6.44. The summed E-state index contributed by atoms with van der Waals surface area (Å²) < 4.78 is 0. The summed E-state index contributed by atoms with van der Waals surface area (Å²) in [5.74, 6) is -1.02. The number of carbonyl (C=O) groups is 2. The second-order valence-electron chi connectivity index (χ2n) is 4.04. The molecular weight excluding hydrogens is 212 g/mol. The van der Waals surface area contributed by atoms with Crippen LogP contribution in [-0.2, 0) is 9.59 Å². The Labute approximate surface area is 94.0 Å². The highest BCUT2D eigenvalue weighted by Crippen LogP contribution is 2.13. The van der Waals surface area contributed by atoms with Crippen molar-refractivity contribution in [3.8, 4) is 0 Å². The van der Waals surface area contributed by atoms with E-state index < -0.39 is 18.6 Å². The Balaban J connectivity index is 2.21. The maximum atomic E-state index is 11.4. The zero-order chi connectivity index (χ0) is 12.0. The van der Waals surface area contributed by atoms with Crippen LogP contribution in [0.3, 0.4) is 0 Å². The zero-order valence-corrected chi connectivity index (χ0v) is 9.11. The quantitative estimate of drug-likeness (QED) is 0.466. The molecule has 0 aromatic rings. The summed E-state index contributed by atoms with van der Waals surface area (Å²) in [5, 5.41) is 22.8. The molecule has 92 valence electrons. The molecule has 1 saturated heterocycles. The van der Waals surface area contributed by atoms with Crippen molar-refractivity contribution in [1.82, 2.24) is 10.6 Å². The van der Waals surface area contributed by atoms with E-state index in [9.17, 15) is 9.59 Å². The lowest BCUT2D eigenvalue weighted by molar-refractivity contribution is -0.143. The minimum Gasteiger partial charge on any atom is -0.480 e. The smallest absolute Gasteiger partial charge is 0.328 e. The van der Waals surface area contributed by atoms with Crippen molar-refractivity contribution < 1.29 is 19.8 Å². The first kappa shape index (κ1) is 12.9. The summed E-state index contributed by atoms with van der Waals surface area (Å²) in [6, 6.07) is -1.19. The minimum absolute atomic E-state index is 0.312. The average Bonchev–Trinajstić information content (AvgIpc) is 2.75. The highest BCUT2D eigenvalue weighted by atomic mass is 16.4. The lowest BCUT2D eigenvalue weighted by Gasteiger charge is -2.12. The molecule has 6 heteroatoms. The van der Waals surface area contributed by atoms with Gasteiger partial charge in [-0.15, -0.1) is 0 Å². The van der Waals surface area contributed by atoms with Crippen molar-refractivity contribution >= 4 is 11.9 Å². The van der Waals surface area contributed by atoms with Crippen LogP contribution >= 0.6 is 0 Å². The van der Waals surface area contributed by atoms with Crippen molar-refractivity contribution in [2.45, 2.75) is 25.3 Å². The van der Waals surface area contributed by atoms with Crippen molar-refractivity contribution in [3.63, 3.8) is 0 Å². The van der Waals surface area contributed by atoms with Gasteiger partial charge in [0, 0.05) is 6.42 Å². The van der Waals surface area contributed by atoms with Crippen LogP contribution in [0.4, 0.5) is 0 Å². The van der Waals surface area contributed by atoms with Gasteiger partial charge in [-0.1, -0.05) is 0 Å². The van der Waals surface area contributed by atoms with Crippen LogP contribution in [-0.4, -0.2) is 47.8 Å². The Hall–Kier alpha value is -1.14. The van der Waals surface area contributed by atoms with E-state index in [2.05, 4.69) is 10.6 Å². The lowest BCUT2D eigenvalue weighted by Crippen LogP contribution is -2.43. The summed E-state index contributed by atoms with van der Waals surface area (Å²) in [5.41, 5.74) is 0. The molecule has 1 aliphatic heterocycles. The molecule has 2 atom stereocenters. The summed E-state index contributed by atoms with van der Waals surface area (Å²) in [7, 11) is 0. The fraction of sp³-hybridized carbons (Fsp3) is 0.800. The third-order valence-corrected chi connectivity index (χ3v) is 2.76. The first-order valence-electron chi connectivity index (χ1n) is 5.47. The van der Waals surface area contributed by atoms with Crippen LogP contribution in [0.1, 0.15) is 19.3 Å². The number of aliphatic hydroxyl groups excluding tert-OH is 1. The van der Waals surface area contributed by atoms with Gasteiger partial charge in [0.25, 0.3) is 0 Å². The molecule has 0 aromatic heterocycles. The molecule has 1 amide bonds. The number of hydrogen-bond donors (Lipinski definition) is 4. The van der Waals surface area contributed by atoms with Crippen LogP contribution in [0.2, 0.25) is 0 Å². The molecule has 6 nitrogen and oxygen atoms in total. The third kappa shape index (κ3) is 4.16. The van der Waals surface area contributed by atoms with Gasteiger partial charge in [-0.05, 0) is 31.8 Å². The first-order chi connectivity index (χ1) is 7.63. The number of carboxylic acid groups (broad SMARTS) is 1. The molecule has 4 N–H and O–H groups in total. The molecular formula is C10H18N2O4. The maximum Gasteiger partial charge on any atom is 0.328 e. The number of carbonyl (C=O) groups excluding carboxylic acids is 1. The van der Waals surface area contributed by atoms with E-state index in [0.29, 0.717) is 12.3 Å². The molecule has 16 heavy (non-hydrogen) atoms. The standard InChI is InChI=1S/C10H18N2O4/c13-6-8(10(15)16)12-9(14)2-1-7-3-4-11-5-7/h7-8,11,13H,1-6H2,(H,12,14)(H,15,16)/t7?,8-/m0/s1. The fourth-order valence-corrected chi connectivity index (χ4v) is 1.75. The third-order valence-electron chi connectivity index (χ3n) is 2.76. The van der Waals surface area contributed by atoms with Gasteiger partial charge in [0.1, 0.15) is 6.04 Å². The molecule has 1 rings (SSSR count). The molecule has 1 fully saturated rings. The van der Waals surface area contributed by atoms with Gasteiger partial charge in [-0.3, -0.25) is 4.79 Å². The number of carboxylic acids is 1. The minimum atomic E-state index is -1.21. The van der Waals surface area contributed by atoms with Crippen molar-refractivity contribution in [2.75, 3.05) is 19.7 Å². The largest absolute Gasteiger partial charge is 0.480 e. The molecule has 0 spiro atoms. The molecule has 0 bridgehead atoms. The van der Waals surface area contributed by atoms with Gasteiger partial charge in [-0.25, -0.2) is 4.79 Å². The Morgan fingerprint density at radius 3 is 2.75 bits per heavy atom. The number of aliphatic carboxylic acids is 1. The first-order valence-corrected chi connectivity index (χ1v) is 5.47. The second-order valence-corrected chi connectivity index (χ2v) is 4.04. The van der Waals surface area contributed by atoms with Crippen LogP contribution in [0.25, 0.3) is 0 Å². The van der Waals surface area contributed by atoms with E-state index >= 15 is 0 Å². The predicted octanol–water partition coefficient (Wildman–Crippen LogP) is -1.06. The Morgan fingerprint density at radius 1 is 1.50 bits per heavy atom. The molecule has 0 aromatic carbocycles. The lowest BCUT2D eigenvalue weighted by atomic mass is 10.0. The zero-order valence-electron chi connectivity index (χ0n) is 9.11. The van der Waals surface area contributed by atoms with Crippen molar-refractivity contribution in [1.29, 1.82) is 0 Å². The van der Waals surface area contributed by atoms with Gasteiger partial charge < -0.3 is 20.8 Å². The monoisotopic (exact) mass is 230 g/mol. The summed E-state index contributed by atoms with van der Waals surface area (Å²) >= 11 is 0. The Kier molecular flexibility index (Phi) is 5.21. The van der Waals surface area contributed by atoms with E-state index in [1.54, 1.807) is 0 Å². The maximum absolute atomic E-state index is 11.4. The van der Waals surface area contributed by atoms with Crippen molar-refractivity contribution in [2.24, 2.45) is 5.92 Å². The van der Waals surface area contributed by atoms with E-state index in [-0.39, 0.29) is 5.91 Å². The molecule has 0 saturated carbocycles. The van der Waals surface area contributed by atoms with Crippen molar-refractivity contribution in [3.05, 3.63) is 0 Å². The predicted molar refractivity (Wildman–Crippen MR) is 56.9 cm³/mol. The normalized spacial score (nSPS) is 21.7. The highest BCUT2D eigenvalue weighted by molar-refractivity contribution is 5.83.